The lowest BCUT2D eigenvalue weighted by molar-refractivity contribution is 0.335. The van der Waals surface area contributed by atoms with Gasteiger partial charge in [0, 0.05) is 36.7 Å². The standard InChI is InChI=1S/C8H12N2/c1-10-5-7-2-8(7,6-10)4-9-3-7/h3H,2,4-6H2,1H3. The lowest BCUT2D eigenvalue weighted by atomic mass is 10.0. The normalized spacial score (nSPS) is 56.9. The summed E-state index contributed by atoms with van der Waals surface area (Å²) in [5.74, 6) is 0. The lowest BCUT2D eigenvalue weighted by Crippen LogP contribution is -2.22. The fourth-order valence-corrected chi connectivity index (χ4v) is 2.93. The minimum atomic E-state index is 0.557. The highest BCUT2D eigenvalue weighted by atomic mass is 15.2. The fraction of sp³-hybridized carbons (Fsp3) is 0.875. The third-order valence-corrected chi connectivity index (χ3v) is 3.44. The third-order valence-electron chi connectivity index (χ3n) is 3.44. The molecule has 0 amide bonds. The van der Waals surface area contributed by atoms with E-state index in [1.807, 2.05) is 0 Å². The van der Waals surface area contributed by atoms with Gasteiger partial charge in [0.2, 0.25) is 0 Å². The Labute approximate surface area is 60.9 Å². The molecule has 3 aliphatic rings. The molecule has 0 spiro atoms. The number of nitrogens with zero attached hydrogens (tertiary/aromatic N) is 2. The number of hydrogen-bond donors (Lipinski definition) is 0. The van der Waals surface area contributed by atoms with Crippen molar-refractivity contribution < 1.29 is 0 Å². The van der Waals surface area contributed by atoms with E-state index >= 15 is 0 Å². The summed E-state index contributed by atoms with van der Waals surface area (Å²) in [7, 11) is 2.22. The summed E-state index contributed by atoms with van der Waals surface area (Å²) in [5.41, 5.74) is 1.18. The quantitative estimate of drug-likeness (QED) is 0.470. The highest BCUT2D eigenvalue weighted by molar-refractivity contribution is 5.77. The summed E-state index contributed by atoms with van der Waals surface area (Å²) < 4.78 is 0. The summed E-state index contributed by atoms with van der Waals surface area (Å²) in [6, 6.07) is 0. The molecule has 0 aromatic carbocycles. The summed E-state index contributed by atoms with van der Waals surface area (Å²) >= 11 is 0. The third kappa shape index (κ3) is 0.357. The first kappa shape index (κ1) is 5.30. The van der Waals surface area contributed by atoms with E-state index in [2.05, 4.69) is 23.2 Å². The average Bonchev–Trinajstić information content (AvgIpc) is 2.15. The minimum absolute atomic E-state index is 0.557. The van der Waals surface area contributed by atoms with Crippen molar-refractivity contribution in [3.8, 4) is 0 Å². The molecule has 0 bridgehead atoms. The molecule has 0 N–H and O–H groups in total. The Morgan fingerprint density at radius 2 is 2.40 bits per heavy atom. The van der Waals surface area contributed by atoms with Gasteiger partial charge in [-0.2, -0.15) is 0 Å². The molecule has 0 aromatic heterocycles. The van der Waals surface area contributed by atoms with Crippen molar-refractivity contribution in [1.82, 2.24) is 4.90 Å². The van der Waals surface area contributed by atoms with Gasteiger partial charge in [0.15, 0.2) is 0 Å². The second-order valence-electron chi connectivity index (χ2n) is 4.26. The Kier molecular flexibility index (Phi) is 0.626. The predicted molar refractivity (Wildman–Crippen MR) is 40.3 cm³/mol. The number of rotatable bonds is 0. The van der Waals surface area contributed by atoms with Crippen LogP contribution in [0.4, 0.5) is 0 Å². The Balaban J connectivity index is 2.03. The fourth-order valence-electron chi connectivity index (χ4n) is 2.93. The summed E-state index contributed by atoms with van der Waals surface area (Å²) in [4.78, 5) is 6.80. The molecule has 2 atom stereocenters. The second-order valence-corrected chi connectivity index (χ2v) is 4.26. The van der Waals surface area contributed by atoms with E-state index in [1.54, 1.807) is 0 Å². The first-order valence-corrected chi connectivity index (χ1v) is 3.96. The van der Waals surface area contributed by atoms with Gasteiger partial charge in [0.1, 0.15) is 0 Å². The van der Waals surface area contributed by atoms with Crippen LogP contribution in [0.3, 0.4) is 0 Å². The molecular weight excluding hydrogens is 124 g/mol. The Morgan fingerprint density at radius 1 is 1.50 bits per heavy atom. The van der Waals surface area contributed by atoms with Crippen molar-refractivity contribution in [2.24, 2.45) is 15.8 Å². The summed E-state index contributed by atoms with van der Waals surface area (Å²) in [5, 5.41) is 0. The topological polar surface area (TPSA) is 15.6 Å². The predicted octanol–water partition coefficient (Wildman–Crippen LogP) is 0.393. The van der Waals surface area contributed by atoms with Crippen LogP contribution in [0, 0.1) is 10.8 Å². The largest absolute Gasteiger partial charge is 0.305 e. The van der Waals surface area contributed by atoms with Gasteiger partial charge in [-0.05, 0) is 13.5 Å². The average molecular weight is 136 g/mol. The molecule has 2 heteroatoms. The molecule has 0 aromatic rings. The Hall–Kier alpha value is -0.370. The molecule has 1 saturated carbocycles. The van der Waals surface area contributed by atoms with Crippen LogP contribution in [0.25, 0.3) is 0 Å². The number of piperidine rings is 1. The van der Waals surface area contributed by atoms with Crippen LogP contribution in [0.2, 0.25) is 0 Å². The number of hydrogen-bond acceptors (Lipinski definition) is 2. The van der Waals surface area contributed by atoms with E-state index in [0.29, 0.717) is 10.8 Å². The molecule has 2 fully saturated rings. The molecule has 1 saturated heterocycles. The zero-order valence-electron chi connectivity index (χ0n) is 6.30. The first-order valence-electron chi connectivity index (χ1n) is 3.96. The molecule has 2 aliphatic heterocycles. The van der Waals surface area contributed by atoms with Crippen LogP contribution in [0.5, 0.6) is 0 Å². The van der Waals surface area contributed by atoms with Crippen molar-refractivity contribution in [1.29, 1.82) is 0 Å². The Bertz CT molecular complexity index is 223. The molecule has 1 aliphatic carbocycles. The first-order chi connectivity index (χ1) is 4.77. The highest BCUT2D eigenvalue weighted by Gasteiger charge is 2.72. The number of aliphatic imine (C=N–C) groups is 1. The van der Waals surface area contributed by atoms with Gasteiger partial charge in [-0.1, -0.05) is 0 Å². The van der Waals surface area contributed by atoms with E-state index < -0.39 is 0 Å². The van der Waals surface area contributed by atoms with Crippen molar-refractivity contribution in [3.63, 3.8) is 0 Å². The van der Waals surface area contributed by atoms with Crippen LogP contribution < -0.4 is 0 Å². The van der Waals surface area contributed by atoms with Gasteiger partial charge < -0.3 is 4.90 Å². The number of likely N-dealkylation sites (tertiary alicyclic amines) is 1. The zero-order valence-corrected chi connectivity index (χ0v) is 6.30. The van der Waals surface area contributed by atoms with Crippen LogP contribution >= 0.6 is 0 Å². The Morgan fingerprint density at radius 3 is 3.20 bits per heavy atom. The lowest BCUT2D eigenvalue weighted by Gasteiger charge is -2.14. The zero-order chi connectivity index (χ0) is 6.82. The van der Waals surface area contributed by atoms with Crippen LogP contribution in [-0.2, 0) is 0 Å². The molecule has 2 unspecified atom stereocenters. The summed E-state index contributed by atoms with van der Waals surface area (Å²) in [6.45, 7) is 3.65. The van der Waals surface area contributed by atoms with Crippen molar-refractivity contribution in [3.05, 3.63) is 0 Å². The minimum Gasteiger partial charge on any atom is -0.305 e. The molecule has 0 radical (unpaired) electrons. The van der Waals surface area contributed by atoms with E-state index in [4.69, 9.17) is 0 Å². The maximum atomic E-state index is 4.36. The van der Waals surface area contributed by atoms with Crippen LogP contribution in [0.1, 0.15) is 6.42 Å². The molecule has 10 heavy (non-hydrogen) atoms. The monoisotopic (exact) mass is 136 g/mol. The molecule has 54 valence electrons. The van der Waals surface area contributed by atoms with Gasteiger partial charge in [0.25, 0.3) is 0 Å². The van der Waals surface area contributed by atoms with E-state index in [0.717, 1.165) is 6.54 Å². The van der Waals surface area contributed by atoms with Crippen molar-refractivity contribution in [2.75, 3.05) is 26.7 Å². The smallest absolute Gasteiger partial charge is 0.0464 e. The van der Waals surface area contributed by atoms with E-state index in [-0.39, 0.29) is 0 Å². The van der Waals surface area contributed by atoms with Crippen LogP contribution in [-0.4, -0.2) is 37.8 Å². The van der Waals surface area contributed by atoms with E-state index in [1.165, 1.54) is 19.5 Å². The molecule has 3 rings (SSSR count). The van der Waals surface area contributed by atoms with Gasteiger partial charge >= 0.3 is 0 Å². The van der Waals surface area contributed by atoms with Gasteiger partial charge in [-0.25, -0.2) is 0 Å². The van der Waals surface area contributed by atoms with Gasteiger partial charge in [-0.3, -0.25) is 4.99 Å². The van der Waals surface area contributed by atoms with Gasteiger partial charge in [0.05, 0.1) is 0 Å². The van der Waals surface area contributed by atoms with Gasteiger partial charge in [-0.15, -0.1) is 0 Å². The maximum absolute atomic E-state index is 4.36. The second kappa shape index (κ2) is 1.18. The maximum Gasteiger partial charge on any atom is 0.0464 e. The SMILES string of the molecule is CN1CC23C=NCC2(C1)C3. The molecule has 2 nitrogen and oxygen atoms in total. The van der Waals surface area contributed by atoms with E-state index in [9.17, 15) is 0 Å². The highest BCUT2D eigenvalue weighted by Crippen LogP contribution is 2.69. The van der Waals surface area contributed by atoms with Crippen molar-refractivity contribution >= 4 is 6.21 Å². The molecule has 2 heterocycles. The van der Waals surface area contributed by atoms with Crippen molar-refractivity contribution in [2.45, 2.75) is 6.42 Å². The summed E-state index contributed by atoms with van der Waals surface area (Å²) in [6.07, 6.45) is 3.64. The van der Waals surface area contributed by atoms with Crippen LogP contribution in [0.15, 0.2) is 4.99 Å². The molecular formula is C8H12N2.